The third kappa shape index (κ3) is 3.57. The van der Waals surface area contributed by atoms with E-state index in [-0.39, 0.29) is 36.3 Å². The number of piperazine rings is 1. The van der Waals surface area contributed by atoms with Crippen LogP contribution in [0.3, 0.4) is 0 Å². The van der Waals surface area contributed by atoms with E-state index in [1.165, 1.54) is 25.0 Å². The molecule has 1 aromatic carbocycles. The Balaban J connectivity index is 1.52. The van der Waals surface area contributed by atoms with Crippen molar-refractivity contribution < 1.29 is 13.9 Å². The van der Waals surface area contributed by atoms with E-state index >= 15 is 0 Å². The number of hydrogen-bond donors (Lipinski definition) is 1. The van der Waals surface area contributed by atoms with Gasteiger partial charge in [-0.2, -0.15) is 0 Å². The highest BCUT2D eigenvalue weighted by Crippen LogP contribution is 2.26. The number of hydrogen-bond acceptors (Lipinski definition) is 4. The van der Waals surface area contributed by atoms with Crippen molar-refractivity contribution in [1.29, 1.82) is 0 Å². The maximum Gasteiger partial charge on any atom is 0.227 e. The second-order valence-corrected chi connectivity index (χ2v) is 7.29. The summed E-state index contributed by atoms with van der Waals surface area (Å²) in [6.07, 6.45) is 2.70. The molecule has 3 heterocycles. The summed E-state index contributed by atoms with van der Waals surface area (Å²) in [5.41, 5.74) is 0.741. The second-order valence-electron chi connectivity index (χ2n) is 7.29. The van der Waals surface area contributed by atoms with Crippen molar-refractivity contribution >= 4 is 5.91 Å². The molecule has 1 aromatic rings. The number of likely N-dealkylation sites (tertiary alicyclic amines) is 1. The van der Waals surface area contributed by atoms with E-state index in [1.54, 1.807) is 6.07 Å². The predicted molar refractivity (Wildman–Crippen MR) is 92.8 cm³/mol. The fraction of sp³-hybridized carbons (Fsp3) is 0.632. The van der Waals surface area contributed by atoms with Crippen molar-refractivity contribution in [2.24, 2.45) is 0 Å². The number of carbonyl (C=O) groups excluding carboxylic acids is 1. The van der Waals surface area contributed by atoms with E-state index in [0.29, 0.717) is 19.8 Å². The van der Waals surface area contributed by atoms with E-state index in [9.17, 15) is 9.18 Å². The highest BCUT2D eigenvalue weighted by Gasteiger charge is 2.44. The van der Waals surface area contributed by atoms with Gasteiger partial charge in [-0.3, -0.25) is 9.69 Å². The van der Waals surface area contributed by atoms with E-state index in [2.05, 4.69) is 10.2 Å². The Morgan fingerprint density at radius 3 is 2.88 bits per heavy atom. The average molecular weight is 347 g/mol. The zero-order valence-electron chi connectivity index (χ0n) is 14.5. The smallest absolute Gasteiger partial charge is 0.227 e. The zero-order valence-corrected chi connectivity index (χ0v) is 14.5. The molecule has 3 fully saturated rings. The van der Waals surface area contributed by atoms with Gasteiger partial charge in [-0.1, -0.05) is 12.1 Å². The number of ether oxygens (including phenoxy) is 1. The minimum Gasteiger partial charge on any atom is -0.378 e. The number of benzene rings is 1. The first-order valence-corrected chi connectivity index (χ1v) is 9.31. The summed E-state index contributed by atoms with van der Waals surface area (Å²) in [6.45, 7) is 5.00. The Hall–Kier alpha value is -1.50. The van der Waals surface area contributed by atoms with Crippen molar-refractivity contribution in [3.05, 3.63) is 35.6 Å². The topological polar surface area (TPSA) is 44.8 Å². The van der Waals surface area contributed by atoms with E-state index in [1.807, 2.05) is 11.0 Å². The SMILES string of the molecule is O=C(Cc1cccc(F)c1)N1CCNC2COCC(N3CCCC3)[C@H]21. The second kappa shape index (κ2) is 7.40. The lowest BCUT2D eigenvalue weighted by atomic mass is 9.92. The standard InChI is InChI=1S/C19H26FN3O2/c20-15-5-3-4-14(10-15)11-18(24)23-9-6-21-16-12-25-13-17(19(16)23)22-7-1-2-8-22/h3-5,10,16-17,19,21H,1-2,6-9,11-13H2/t16?,17?,19-/m0/s1. The summed E-state index contributed by atoms with van der Waals surface area (Å²) in [5, 5.41) is 3.53. The Bertz CT molecular complexity index is 618. The molecule has 3 saturated heterocycles. The molecule has 0 spiro atoms. The minimum atomic E-state index is -0.288. The molecule has 0 aromatic heterocycles. The normalized spacial score (nSPS) is 30.3. The molecule has 1 N–H and O–H groups in total. The van der Waals surface area contributed by atoms with Crippen LogP contribution in [0.2, 0.25) is 0 Å². The molecule has 0 bridgehead atoms. The number of nitrogens with zero attached hydrogens (tertiary/aromatic N) is 2. The molecule has 5 nitrogen and oxygen atoms in total. The lowest BCUT2D eigenvalue weighted by molar-refractivity contribution is -0.142. The van der Waals surface area contributed by atoms with Crippen LogP contribution >= 0.6 is 0 Å². The van der Waals surface area contributed by atoms with Gasteiger partial charge in [0.1, 0.15) is 5.82 Å². The largest absolute Gasteiger partial charge is 0.378 e. The van der Waals surface area contributed by atoms with Gasteiger partial charge in [0.2, 0.25) is 5.91 Å². The fourth-order valence-electron chi connectivity index (χ4n) is 4.51. The van der Waals surface area contributed by atoms with Crippen molar-refractivity contribution in [2.45, 2.75) is 37.4 Å². The van der Waals surface area contributed by atoms with Crippen molar-refractivity contribution in [3.8, 4) is 0 Å². The summed E-state index contributed by atoms with van der Waals surface area (Å²) in [6, 6.07) is 6.94. The molecule has 0 radical (unpaired) electrons. The number of fused-ring (bicyclic) bond motifs is 1. The van der Waals surface area contributed by atoms with Crippen LogP contribution in [0, 0.1) is 5.82 Å². The van der Waals surface area contributed by atoms with Crippen molar-refractivity contribution in [3.63, 3.8) is 0 Å². The molecule has 0 aliphatic carbocycles. The van der Waals surface area contributed by atoms with Crippen LogP contribution < -0.4 is 5.32 Å². The highest BCUT2D eigenvalue weighted by molar-refractivity contribution is 5.79. The molecular formula is C19H26FN3O2. The van der Waals surface area contributed by atoms with Crippen LogP contribution in [0.1, 0.15) is 18.4 Å². The maximum atomic E-state index is 13.4. The van der Waals surface area contributed by atoms with Gasteiger partial charge in [0.25, 0.3) is 0 Å². The van der Waals surface area contributed by atoms with Crippen LogP contribution in [0.5, 0.6) is 0 Å². The van der Waals surface area contributed by atoms with Gasteiger partial charge in [-0.15, -0.1) is 0 Å². The number of halogens is 1. The van der Waals surface area contributed by atoms with Gasteiger partial charge in [-0.05, 0) is 43.6 Å². The average Bonchev–Trinajstić information content (AvgIpc) is 3.15. The zero-order chi connectivity index (χ0) is 17.2. The molecule has 3 aliphatic heterocycles. The van der Waals surface area contributed by atoms with Gasteiger partial charge in [0.05, 0.1) is 37.8 Å². The minimum absolute atomic E-state index is 0.0909. The third-order valence-corrected chi connectivity index (χ3v) is 5.69. The molecule has 2 unspecified atom stereocenters. The first-order valence-electron chi connectivity index (χ1n) is 9.31. The Kier molecular flexibility index (Phi) is 5.01. The predicted octanol–water partition coefficient (Wildman–Crippen LogP) is 1.03. The fourth-order valence-corrected chi connectivity index (χ4v) is 4.51. The number of amides is 1. The molecule has 25 heavy (non-hydrogen) atoms. The van der Waals surface area contributed by atoms with Gasteiger partial charge in [-0.25, -0.2) is 4.39 Å². The van der Waals surface area contributed by atoms with Crippen LogP contribution in [0.4, 0.5) is 4.39 Å². The van der Waals surface area contributed by atoms with Gasteiger partial charge in [0.15, 0.2) is 0 Å². The molecule has 3 atom stereocenters. The van der Waals surface area contributed by atoms with Crippen molar-refractivity contribution in [1.82, 2.24) is 15.1 Å². The first kappa shape index (κ1) is 16.9. The van der Waals surface area contributed by atoms with E-state index in [0.717, 1.165) is 25.2 Å². The number of nitrogens with one attached hydrogen (secondary N) is 1. The van der Waals surface area contributed by atoms with Crippen LogP contribution in [-0.4, -0.2) is 73.2 Å². The Morgan fingerprint density at radius 1 is 1.24 bits per heavy atom. The molecule has 0 saturated carbocycles. The molecule has 1 amide bonds. The molecule has 4 rings (SSSR count). The maximum absolute atomic E-state index is 13.4. The lowest BCUT2D eigenvalue weighted by Gasteiger charge is -2.50. The van der Waals surface area contributed by atoms with E-state index < -0.39 is 0 Å². The molecule has 136 valence electrons. The summed E-state index contributed by atoms with van der Waals surface area (Å²) in [5.74, 6) is -0.197. The number of rotatable bonds is 3. The summed E-state index contributed by atoms with van der Waals surface area (Å²) < 4.78 is 19.3. The van der Waals surface area contributed by atoms with Gasteiger partial charge in [0, 0.05) is 13.1 Å². The van der Waals surface area contributed by atoms with Crippen LogP contribution in [0.15, 0.2) is 24.3 Å². The highest BCUT2D eigenvalue weighted by atomic mass is 19.1. The monoisotopic (exact) mass is 347 g/mol. The summed E-state index contributed by atoms with van der Waals surface area (Å²) >= 11 is 0. The summed E-state index contributed by atoms with van der Waals surface area (Å²) in [4.78, 5) is 17.5. The van der Waals surface area contributed by atoms with E-state index in [4.69, 9.17) is 4.74 Å². The van der Waals surface area contributed by atoms with Crippen molar-refractivity contribution in [2.75, 3.05) is 39.4 Å². The first-order chi connectivity index (χ1) is 12.2. The van der Waals surface area contributed by atoms with Gasteiger partial charge < -0.3 is 15.0 Å². The quantitative estimate of drug-likeness (QED) is 0.887. The lowest BCUT2D eigenvalue weighted by Crippen LogP contribution is -2.70. The molecular weight excluding hydrogens is 321 g/mol. The third-order valence-electron chi connectivity index (χ3n) is 5.69. The molecule has 3 aliphatic rings. The Morgan fingerprint density at radius 2 is 2.08 bits per heavy atom. The van der Waals surface area contributed by atoms with Crippen LogP contribution in [-0.2, 0) is 16.0 Å². The number of carbonyl (C=O) groups is 1. The van der Waals surface area contributed by atoms with Crippen LogP contribution in [0.25, 0.3) is 0 Å². The summed E-state index contributed by atoms with van der Waals surface area (Å²) in [7, 11) is 0. The Labute approximate surface area is 148 Å². The molecule has 6 heteroatoms. The van der Waals surface area contributed by atoms with Gasteiger partial charge >= 0.3 is 0 Å².